The molecule has 0 saturated carbocycles. The van der Waals surface area contributed by atoms with Crippen LogP contribution in [0.4, 0.5) is 0 Å². The number of aromatic nitrogens is 2. The highest BCUT2D eigenvalue weighted by Gasteiger charge is 1.96. The van der Waals surface area contributed by atoms with E-state index in [0.29, 0.717) is 0 Å². The van der Waals surface area contributed by atoms with Crippen LogP contribution < -0.4 is 0 Å². The average Bonchev–Trinajstić information content (AvgIpc) is 2.41. The average molecular weight is 264 g/mol. The van der Waals surface area contributed by atoms with Crippen LogP contribution in [0.1, 0.15) is 11.1 Å². The largest absolute Gasteiger partial charge is 0.265 e. The van der Waals surface area contributed by atoms with Gasteiger partial charge in [-0.25, -0.2) is 3.63 Å². The van der Waals surface area contributed by atoms with Crippen LogP contribution in [0.5, 0.6) is 0 Å². The molecule has 0 fully saturated rings. The highest BCUT2D eigenvalue weighted by molar-refractivity contribution is 8.07. The Kier molecular flexibility index (Phi) is 5.35. The number of pyridine rings is 2. The van der Waals surface area contributed by atoms with Crippen molar-refractivity contribution in [1.29, 1.82) is 0 Å². The molecule has 0 aliphatic carbocycles. The zero-order valence-electron chi connectivity index (χ0n) is 9.15. The van der Waals surface area contributed by atoms with E-state index in [9.17, 15) is 0 Å². The summed E-state index contributed by atoms with van der Waals surface area (Å²) in [6.45, 7) is 0. The van der Waals surface area contributed by atoms with Crippen molar-refractivity contribution in [2.75, 3.05) is 0 Å². The second-order valence-corrected chi connectivity index (χ2v) is 4.90. The summed E-state index contributed by atoms with van der Waals surface area (Å²) in [5.74, 6) is 1.68. The van der Waals surface area contributed by atoms with Crippen LogP contribution >= 0.6 is 24.1 Å². The molecule has 0 aliphatic rings. The topological polar surface area (TPSA) is 35.0 Å². The second kappa shape index (κ2) is 7.32. The maximum atomic E-state index is 5.43. The van der Waals surface area contributed by atoms with Gasteiger partial charge in [0.1, 0.15) is 0 Å². The van der Waals surface area contributed by atoms with Crippen molar-refractivity contribution in [1.82, 2.24) is 9.97 Å². The van der Waals surface area contributed by atoms with Gasteiger partial charge in [-0.15, -0.1) is 0 Å². The minimum Gasteiger partial charge on any atom is -0.265 e. The summed E-state index contributed by atoms with van der Waals surface area (Å²) < 4.78 is 5.43. The first-order chi connectivity index (χ1) is 8.45. The van der Waals surface area contributed by atoms with Gasteiger partial charge in [0.05, 0.1) is 0 Å². The van der Waals surface area contributed by atoms with Crippen molar-refractivity contribution in [3.63, 3.8) is 0 Å². The van der Waals surface area contributed by atoms with Gasteiger partial charge in [0.2, 0.25) is 0 Å². The van der Waals surface area contributed by atoms with Crippen LogP contribution in [0.2, 0.25) is 0 Å². The lowest BCUT2D eigenvalue weighted by molar-refractivity contribution is 0.755. The van der Waals surface area contributed by atoms with E-state index in [1.54, 1.807) is 24.8 Å². The Labute approximate surface area is 109 Å². The first kappa shape index (κ1) is 12.4. The molecule has 3 nitrogen and oxygen atoms in total. The molecular weight excluding hydrogens is 252 g/mol. The van der Waals surface area contributed by atoms with Gasteiger partial charge >= 0.3 is 0 Å². The third-order valence-corrected chi connectivity index (χ3v) is 3.72. The quantitative estimate of drug-likeness (QED) is 0.589. The molecule has 88 valence electrons. The van der Waals surface area contributed by atoms with E-state index in [1.165, 1.54) is 35.2 Å². The molecule has 2 aromatic heterocycles. The highest BCUT2D eigenvalue weighted by atomic mass is 32.2. The molecule has 0 atom stereocenters. The predicted molar refractivity (Wildman–Crippen MR) is 72.1 cm³/mol. The van der Waals surface area contributed by atoms with Gasteiger partial charge in [-0.05, 0) is 35.4 Å². The first-order valence-electron chi connectivity index (χ1n) is 5.14. The SMILES string of the molecule is c1cc(CSOSCc2ccncc2)ccn1. The molecule has 2 rings (SSSR count). The van der Waals surface area contributed by atoms with Crippen LogP contribution in [-0.4, -0.2) is 9.97 Å². The lowest BCUT2D eigenvalue weighted by Gasteiger charge is -2.01. The molecule has 0 bridgehead atoms. The molecule has 0 aliphatic heterocycles. The van der Waals surface area contributed by atoms with Crippen molar-refractivity contribution in [3.8, 4) is 0 Å². The molecule has 0 unspecified atom stereocenters. The van der Waals surface area contributed by atoms with Crippen LogP contribution in [-0.2, 0) is 15.1 Å². The Morgan fingerprint density at radius 1 is 0.765 bits per heavy atom. The van der Waals surface area contributed by atoms with Gasteiger partial charge in [0.25, 0.3) is 0 Å². The molecule has 0 amide bonds. The second-order valence-electron chi connectivity index (χ2n) is 3.30. The van der Waals surface area contributed by atoms with E-state index >= 15 is 0 Å². The van der Waals surface area contributed by atoms with Gasteiger partial charge in [0.15, 0.2) is 0 Å². The molecule has 17 heavy (non-hydrogen) atoms. The lowest BCUT2D eigenvalue weighted by Crippen LogP contribution is -1.82. The molecule has 2 heterocycles. The zero-order valence-corrected chi connectivity index (χ0v) is 10.8. The monoisotopic (exact) mass is 264 g/mol. The van der Waals surface area contributed by atoms with E-state index < -0.39 is 0 Å². The van der Waals surface area contributed by atoms with E-state index in [4.69, 9.17) is 3.63 Å². The van der Waals surface area contributed by atoms with Crippen LogP contribution in [0.3, 0.4) is 0 Å². The molecule has 5 heteroatoms. The van der Waals surface area contributed by atoms with Crippen LogP contribution in [0.25, 0.3) is 0 Å². The minimum absolute atomic E-state index is 0.839. The summed E-state index contributed by atoms with van der Waals surface area (Å²) in [6, 6.07) is 7.96. The Bertz CT molecular complexity index is 384. The fourth-order valence-electron chi connectivity index (χ4n) is 1.18. The van der Waals surface area contributed by atoms with Crippen molar-refractivity contribution in [3.05, 3.63) is 60.2 Å². The van der Waals surface area contributed by atoms with Crippen molar-refractivity contribution in [2.24, 2.45) is 0 Å². The highest BCUT2D eigenvalue weighted by Crippen LogP contribution is 2.22. The Morgan fingerprint density at radius 3 is 1.59 bits per heavy atom. The Balaban J connectivity index is 1.61. The summed E-state index contributed by atoms with van der Waals surface area (Å²) in [7, 11) is 0. The number of hydrogen-bond donors (Lipinski definition) is 0. The van der Waals surface area contributed by atoms with Gasteiger partial charge in [-0.1, -0.05) is 0 Å². The fourth-order valence-corrected chi connectivity index (χ4v) is 2.49. The number of nitrogens with zero attached hydrogens (tertiary/aromatic N) is 2. The number of rotatable bonds is 6. The summed E-state index contributed by atoms with van der Waals surface area (Å²) in [4.78, 5) is 7.94. The van der Waals surface area contributed by atoms with E-state index in [0.717, 1.165) is 11.5 Å². The third-order valence-electron chi connectivity index (χ3n) is 2.05. The minimum atomic E-state index is 0.839. The molecule has 0 radical (unpaired) electrons. The summed E-state index contributed by atoms with van der Waals surface area (Å²) in [5, 5.41) is 0. The van der Waals surface area contributed by atoms with E-state index in [2.05, 4.69) is 9.97 Å². The fraction of sp³-hybridized carbons (Fsp3) is 0.167. The lowest BCUT2D eigenvalue weighted by atomic mass is 10.3. The van der Waals surface area contributed by atoms with Gasteiger partial charge in [-0.2, -0.15) is 0 Å². The van der Waals surface area contributed by atoms with Crippen LogP contribution in [0.15, 0.2) is 49.1 Å². The van der Waals surface area contributed by atoms with Gasteiger partial charge in [0, 0.05) is 60.4 Å². The van der Waals surface area contributed by atoms with E-state index in [1.807, 2.05) is 24.3 Å². The van der Waals surface area contributed by atoms with Crippen molar-refractivity contribution in [2.45, 2.75) is 11.5 Å². The first-order valence-corrected chi connectivity index (χ1v) is 6.96. The third kappa shape index (κ3) is 4.77. The van der Waals surface area contributed by atoms with Crippen molar-refractivity contribution >= 4 is 24.1 Å². The maximum Gasteiger partial charge on any atom is 0.0462 e. The predicted octanol–water partition coefficient (Wildman–Crippen LogP) is 3.49. The molecular formula is C12H12N2OS2. The summed E-state index contributed by atoms with van der Waals surface area (Å²) in [5.41, 5.74) is 2.43. The molecule has 0 saturated heterocycles. The van der Waals surface area contributed by atoms with Crippen molar-refractivity contribution < 1.29 is 3.63 Å². The summed E-state index contributed by atoms with van der Waals surface area (Å²) in [6.07, 6.45) is 7.17. The Morgan fingerprint density at radius 2 is 1.18 bits per heavy atom. The molecule has 0 N–H and O–H groups in total. The van der Waals surface area contributed by atoms with Crippen LogP contribution in [0, 0.1) is 0 Å². The van der Waals surface area contributed by atoms with E-state index in [-0.39, 0.29) is 0 Å². The zero-order chi connectivity index (χ0) is 11.8. The molecule has 2 aromatic rings. The smallest absolute Gasteiger partial charge is 0.0462 e. The molecule has 0 aromatic carbocycles. The number of hydrogen-bond acceptors (Lipinski definition) is 5. The van der Waals surface area contributed by atoms with Gasteiger partial charge in [-0.3, -0.25) is 9.97 Å². The standard InChI is InChI=1S/C12H12N2OS2/c1-5-13-6-2-11(1)9-16-15-17-10-12-3-7-14-8-4-12/h1-8H,9-10H2. The normalized spacial score (nSPS) is 10.4. The van der Waals surface area contributed by atoms with Gasteiger partial charge < -0.3 is 0 Å². The Hall–Kier alpha value is -1.04. The summed E-state index contributed by atoms with van der Waals surface area (Å²) >= 11 is 2.89. The molecule has 0 spiro atoms. The maximum absolute atomic E-state index is 5.43.